The number of hydrogen-bond acceptors (Lipinski definition) is 3. The summed E-state index contributed by atoms with van der Waals surface area (Å²) in [5, 5.41) is 7.41. The second kappa shape index (κ2) is 5.82. The maximum Gasteiger partial charge on any atom is 0.244 e. The summed E-state index contributed by atoms with van der Waals surface area (Å²) in [6, 6.07) is 1.83. The van der Waals surface area contributed by atoms with Crippen molar-refractivity contribution in [2.45, 2.75) is 19.4 Å². The van der Waals surface area contributed by atoms with Crippen LogP contribution in [-0.4, -0.2) is 47.3 Å². The number of nitrogens with one attached hydrogen (secondary N) is 1. The van der Waals surface area contributed by atoms with Crippen LogP contribution in [-0.2, 0) is 11.3 Å². The molecule has 1 saturated heterocycles. The summed E-state index contributed by atoms with van der Waals surface area (Å²) in [5.41, 5.74) is 0. The maximum absolute atomic E-state index is 11.9. The zero-order chi connectivity index (χ0) is 12.1. The van der Waals surface area contributed by atoms with Crippen LogP contribution in [0.4, 0.5) is 0 Å². The van der Waals surface area contributed by atoms with E-state index in [1.807, 2.05) is 24.2 Å². The summed E-state index contributed by atoms with van der Waals surface area (Å²) in [4.78, 5) is 13.7. The number of amides is 1. The van der Waals surface area contributed by atoms with Crippen LogP contribution < -0.4 is 5.32 Å². The van der Waals surface area contributed by atoms with Crippen LogP contribution in [0.25, 0.3) is 0 Å². The molecule has 1 amide bonds. The Morgan fingerprint density at radius 2 is 2.53 bits per heavy atom. The fourth-order valence-electron chi connectivity index (χ4n) is 2.22. The van der Waals surface area contributed by atoms with E-state index in [0.717, 1.165) is 19.6 Å². The minimum absolute atomic E-state index is 0.124. The van der Waals surface area contributed by atoms with Crippen LogP contribution in [0, 0.1) is 5.92 Å². The van der Waals surface area contributed by atoms with E-state index in [1.54, 1.807) is 10.9 Å². The van der Waals surface area contributed by atoms with Gasteiger partial charge in [-0.25, -0.2) is 0 Å². The molecule has 1 fully saturated rings. The van der Waals surface area contributed by atoms with Crippen molar-refractivity contribution in [3.8, 4) is 0 Å². The molecule has 0 saturated carbocycles. The first kappa shape index (κ1) is 12.1. The van der Waals surface area contributed by atoms with Crippen molar-refractivity contribution < 1.29 is 4.79 Å². The Morgan fingerprint density at radius 3 is 3.18 bits per heavy atom. The molecule has 0 bridgehead atoms. The van der Waals surface area contributed by atoms with E-state index in [-0.39, 0.29) is 5.91 Å². The normalized spacial score (nSPS) is 20.2. The van der Waals surface area contributed by atoms with Crippen LogP contribution >= 0.6 is 0 Å². The molecule has 1 aromatic heterocycles. The fraction of sp³-hybridized carbons (Fsp3) is 0.667. The van der Waals surface area contributed by atoms with Crippen LogP contribution in [0.1, 0.15) is 12.8 Å². The number of likely N-dealkylation sites (N-methyl/N-ethyl adjacent to an activating group) is 1. The molecule has 1 atom stereocenters. The third-order valence-electron chi connectivity index (χ3n) is 3.21. The van der Waals surface area contributed by atoms with Gasteiger partial charge in [-0.2, -0.15) is 5.10 Å². The quantitative estimate of drug-likeness (QED) is 0.820. The van der Waals surface area contributed by atoms with Crippen molar-refractivity contribution >= 4 is 5.91 Å². The number of hydrogen-bond donors (Lipinski definition) is 1. The fourth-order valence-corrected chi connectivity index (χ4v) is 2.22. The highest BCUT2D eigenvalue weighted by Crippen LogP contribution is 2.11. The summed E-state index contributed by atoms with van der Waals surface area (Å²) in [6.45, 7) is 3.32. The SMILES string of the molecule is CN(CC1CCCNC1)C(=O)Cn1cccn1. The first-order chi connectivity index (χ1) is 8.25. The molecule has 0 aromatic carbocycles. The maximum atomic E-state index is 11.9. The molecule has 0 spiro atoms. The highest BCUT2D eigenvalue weighted by Gasteiger charge is 2.18. The molecule has 1 N–H and O–H groups in total. The largest absolute Gasteiger partial charge is 0.344 e. The molecule has 94 valence electrons. The number of nitrogens with zero attached hydrogens (tertiary/aromatic N) is 3. The second-order valence-electron chi connectivity index (χ2n) is 4.69. The lowest BCUT2D eigenvalue weighted by Gasteiger charge is -2.27. The molecule has 5 nitrogen and oxygen atoms in total. The molecule has 0 radical (unpaired) electrons. The van der Waals surface area contributed by atoms with E-state index in [4.69, 9.17) is 0 Å². The van der Waals surface area contributed by atoms with Gasteiger partial charge in [-0.1, -0.05) is 0 Å². The van der Waals surface area contributed by atoms with Crippen LogP contribution in [0.5, 0.6) is 0 Å². The Labute approximate surface area is 102 Å². The monoisotopic (exact) mass is 236 g/mol. The average molecular weight is 236 g/mol. The molecule has 2 heterocycles. The predicted molar refractivity (Wildman–Crippen MR) is 65.5 cm³/mol. The topological polar surface area (TPSA) is 50.2 Å². The Hall–Kier alpha value is -1.36. The molecule has 1 aliphatic heterocycles. The molecule has 1 unspecified atom stereocenters. The number of piperidine rings is 1. The minimum atomic E-state index is 0.124. The van der Waals surface area contributed by atoms with Crippen LogP contribution in [0.2, 0.25) is 0 Å². The van der Waals surface area contributed by atoms with Gasteiger partial charge in [0.2, 0.25) is 5.91 Å². The van der Waals surface area contributed by atoms with E-state index < -0.39 is 0 Å². The van der Waals surface area contributed by atoms with Gasteiger partial charge in [0.15, 0.2) is 0 Å². The van der Waals surface area contributed by atoms with Crippen molar-refractivity contribution in [3.05, 3.63) is 18.5 Å². The van der Waals surface area contributed by atoms with Gasteiger partial charge in [0.1, 0.15) is 6.54 Å². The van der Waals surface area contributed by atoms with E-state index in [2.05, 4.69) is 10.4 Å². The Morgan fingerprint density at radius 1 is 1.65 bits per heavy atom. The molecular formula is C12H20N4O. The van der Waals surface area contributed by atoms with Crippen LogP contribution in [0.3, 0.4) is 0 Å². The zero-order valence-electron chi connectivity index (χ0n) is 10.3. The Balaban J connectivity index is 1.78. The van der Waals surface area contributed by atoms with Gasteiger partial charge in [-0.05, 0) is 37.9 Å². The van der Waals surface area contributed by atoms with Crippen LogP contribution in [0.15, 0.2) is 18.5 Å². The van der Waals surface area contributed by atoms with Gasteiger partial charge in [0, 0.05) is 26.0 Å². The second-order valence-corrected chi connectivity index (χ2v) is 4.69. The third kappa shape index (κ3) is 3.56. The summed E-state index contributed by atoms with van der Waals surface area (Å²) in [7, 11) is 1.88. The van der Waals surface area contributed by atoms with Crippen molar-refractivity contribution in [2.24, 2.45) is 5.92 Å². The molecule has 2 rings (SSSR count). The standard InChI is InChI=1S/C12H20N4O/c1-15(9-11-4-2-5-13-8-11)12(17)10-16-7-3-6-14-16/h3,6-7,11,13H,2,4-5,8-10H2,1H3. The van der Waals surface area contributed by atoms with Crippen molar-refractivity contribution in [2.75, 3.05) is 26.7 Å². The van der Waals surface area contributed by atoms with Gasteiger partial charge in [-0.3, -0.25) is 9.48 Å². The third-order valence-corrected chi connectivity index (χ3v) is 3.21. The van der Waals surface area contributed by atoms with E-state index in [1.165, 1.54) is 12.8 Å². The smallest absolute Gasteiger partial charge is 0.244 e. The summed E-state index contributed by atoms with van der Waals surface area (Å²) in [6.07, 6.45) is 5.94. The molecular weight excluding hydrogens is 216 g/mol. The Kier molecular flexibility index (Phi) is 4.14. The first-order valence-electron chi connectivity index (χ1n) is 6.18. The predicted octanol–water partition coefficient (Wildman–Crippen LogP) is 0.341. The molecule has 1 aliphatic rings. The van der Waals surface area contributed by atoms with Crippen molar-refractivity contribution in [3.63, 3.8) is 0 Å². The number of aromatic nitrogens is 2. The number of carbonyl (C=O) groups is 1. The van der Waals surface area contributed by atoms with Crippen molar-refractivity contribution in [1.29, 1.82) is 0 Å². The van der Waals surface area contributed by atoms with Gasteiger partial charge in [-0.15, -0.1) is 0 Å². The molecule has 1 aromatic rings. The van der Waals surface area contributed by atoms with Gasteiger partial charge in [0.25, 0.3) is 0 Å². The highest BCUT2D eigenvalue weighted by atomic mass is 16.2. The van der Waals surface area contributed by atoms with Gasteiger partial charge >= 0.3 is 0 Å². The van der Waals surface area contributed by atoms with Crippen molar-refractivity contribution in [1.82, 2.24) is 20.0 Å². The Bertz CT molecular complexity index is 343. The number of carbonyl (C=O) groups excluding carboxylic acids is 1. The van der Waals surface area contributed by atoms with Gasteiger partial charge < -0.3 is 10.2 Å². The summed E-state index contributed by atoms with van der Waals surface area (Å²) in [5.74, 6) is 0.717. The van der Waals surface area contributed by atoms with E-state index in [9.17, 15) is 4.79 Å². The number of rotatable bonds is 4. The molecule has 5 heteroatoms. The lowest BCUT2D eigenvalue weighted by molar-refractivity contribution is -0.131. The van der Waals surface area contributed by atoms with Gasteiger partial charge in [0.05, 0.1) is 0 Å². The molecule has 0 aliphatic carbocycles. The molecule has 17 heavy (non-hydrogen) atoms. The zero-order valence-corrected chi connectivity index (χ0v) is 10.3. The minimum Gasteiger partial charge on any atom is -0.344 e. The average Bonchev–Trinajstić information content (AvgIpc) is 2.83. The summed E-state index contributed by atoms with van der Waals surface area (Å²) < 4.78 is 1.66. The summed E-state index contributed by atoms with van der Waals surface area (Å²) >= 11 is 0. The highest BCUT2D eigenvalue weighted by molar-refractivity contribution is 5.75. The first-order valence-corrected chi connectivity index (χ1v) is 6.18. The lowest BCUT2D eigenvalue weighted by Crippen LogP contribution is -2.40. The van der Waals surface area contributed by atoms with E-state index >= 15 is 0 Å². The van der Waals surface area contributed by atoms with E-state index in [0.29, 0.717) is 12.5 Å². The lowest BCUT2D eigenvalue weighted by atomic mass is 9.99.